The van der Waals surface area contributed by atoms with Gasteiger partial charge in [0.1, 0.15) is 36.0 Å². The van der Waals surface area contributed by atoms with Crippen LogP contribution < -0.4 is 20.1 Å². The number of pyridine rings is 1. The van der Waals surface area contributed by atoms with E-state index >= 15 is 0 Å². The van der Waals surface area contributed by atoms with Crippen molar-refractivity contribution >= 4 is 45.5 Å². The number of aromatic nitrogens is 1. The van der Waals surface area contributed by atoms with Gasteiger partial charge in [0.05, 0.1) is 46.6 Å². The summed E-state index contributed by atoms with van der Waals surface area (Å²) in [6, 6.07) is 20.3. The first-order chi connectivity index (χ1) is 21.9. The predicted octanol–water partition coefficient (Wildman–Crippen LogP) is 6.18. The molecule has 11 heteroatoms. The number of hydrogen-bond donors (Lipinski definition) is 2. The lowest BCUT2D eigenvalue weighted by atomic mass is 10.1. The van der Waals surface area contributed by atoms with Crippen molar-refractivity contribution in [1.82, 2.24) is 9.88 Å². The van der Waals surface area contributed by atoms with Gasteiger partial charge in [-0.05, 0) is 50.5 Å². The first-order valence-electron chi connectivity index (χ1n) is 14.3. The molecule has 10 nitrogen and oxygen atoms in total. The molecular formula is C34H31ClN6O4. The molecule has 3 aromatic carbocycles. The van der Waals surface area contributed by atoms with Gasteiger partial charge in [0, 0.05) is 41.9 Å². The van der Waals surface area contributed by atoms with Gasteiger partial charge in [-0.1, -0.05) is 35.9 Å². The summed E-state index contributed by atoms with van der Waals surface area (Å²) in [5.41, 5.74) is 3.52. The molecular weight excluding hydrogens is 592 g/mol. The minimum absolute atomic E-state index is 0.158. The Labute approximate surface area is 266 Å². The maximum atomic E-state index is 12.9. The van der Waals surface area contributed by atoms with Gasteiger partial charge in [-0.3, -0.25) is 9.78 Å². The number of ether oxygens (including phenoxy) is 3. The van der Waals surface area contributed by atoms with E-state index in [1.165, 1.54) is 12.3 Å². The summed E-state index contributed by atoms with van der Waals surface area (Å²) in [6.07, 6.45) is 5.26. The van der Waals surface area contributed by atoms with Crippen LogP contribution in [0.5, 0.6) is 11.5 Å². The summed E-state index contributed by atoms with van der Waals surface area (Å²) < 4.78 is 17.6. The molecule has 4 aromatic rings. The van der Waals surface area contributed by atoms with Gasteiger partial charge in [-0.2, -0.15) is 10.5 Å². The molecule has 5 rings (SSSR count). The normalized spacial score (nSPS) is 14.3. The van der Waals surface area contributed by atoms with Gasteiger partial charge < -0.3 is 29.7 Å². The molecule has 0 radical (unpaired) electrons. The van der Waals surface area contributed by atoms with Gasteiger partial charge in [0.15, 0.2) is 0 Å². The third kappa shape index (κ3) is 7.69. The Morgan fingerprint density at radius 2 is 1.91 bits per heavy atom. The van der Waals surface area contributed by atoms with Crippen LogP contribution in [-0.2, 0) is 16.1 Å². The highest BCUT2D eigenvalue weighted by atomic mass is 35.5. The van der Waals surface area contributed by atoms with Crippen molar-refractivity contribution in [3.05, 3.63) is 94.7 Å². The highest BCUT2D eigenvalue weighted by Crippen LogP contribution is 2.39. The fourth-order valence-corrected chi connectivity index (χ4v) is 4.99. The molecule has 228 valence electrons. The van der Waals surface area contributed by atoms with Crippen LogP contribution in [-0.4, -0.2) is 55.7 Å². The number of rotatable bonds is 11. The number of anilines is 3. The zero-order valence-electron chi connectivity index (χ0n) is 24.8. The number of carbonyl (C=O) groups excluding carboxylic acids is 1. The van der Waals surface area contributed by atoms with Crippen LogP contribution in [0, 0.1) is 22.7 Å². The van der Waals surface area contributed by atoms with Crippen LogP contribution in [0.25, 0.3) is 10.9 Å². The quantitative estimate of drug-likeness (QED) is 0.188. The fraction of sp³-hybridized carbons (Fsp3) is 0.235. The summed E-state index contributed by atoms with van der Waals surface area (Å²) >= 11 is 6.58. The number of nitrogens with zero attached hydrogens (tertiary/aromatic N) is 4. The van der Waals surface area contributed by atoms with Gasteiger partial charge in [-0.25, -0.2) is 0 Å². The molecule has 1 aliphatic rings. The van der Waals surface area contributed by atoms with Crippen LogP contribution in [0.2, 0.25) is 5.02 Å². The Morgan fingerprint density at radius 1 is 1.11 bits per heavy atom. The third-order valence-electron chi connectivity index (χ3n) is 7.01. The lowest BCUT2D eigenvalue weighted by Gasteiger charge is -2.19. The molecule has 1 amide bonds. The van der Waals surface area contributed by atoms with Crippen molar-refractivity contribution in [3.8, 4) is 23.6 Å². The molecule has 45 heavy (non-hydrogen) atoms. The van der Waals surface area contributed by atoms with Crippen molar-refractivity contribution in [1.29, 1.82) is 10.5 Å². The van der Waals surface area contributed by atoms with Crippen molar-refractivity contribution in [3.63, 3.8) is 0 Å². The second kappa shape index (κ2) is 14.6. The second-order valence-electron chi connectivity index (χ2n) is 10.6. The Morgan fingerprint density at radius 3 is 2.64 bits per heavy atom. The van der Waals surface area contributed by atoms with Gasteiger partial charge in [0.25, 0.3) is 0 Å². The standard InChI is InChI=1S/C34H31ClN6O4/c1-41(2)14-5-8-31(42)40-34-30(45-26-13-15-43-21-26)12-10-27-32(24(18-37)19-38-33(27)34)39-25-9-11-29(28(35)16-25)44-20-23-7-4-3-6-22(23)17-36/h3-12,16,19,26H,13-15,20-21H2,1-2H3,(H,38,39)(H,40,42)/b8-5+/t26-/m0/s1. The molecule has 0 aliphatic carbocycles. The maximum Gasteiger partial charge on any atom is 0.248 e. The summed E-state index contributed by atoms with van der Waals surface area (Å²) in [5, 5.41) is 26.5. The highest BCUT2D eigenvalue weighted by Gasteiger charge is 2.22. The highest BCUT2D eigenvalue weighted by molar-refractivity contribution is 6.32. The number of nitriles is 2. The van der Waals surface area contributed by atoms with Crippen LogP contribution in [0.3, 0.4) is 0 Å². The smallest absolute Gasteiger partial charge is 0.248 e. The topological polar surface area (TPSA) is 133 Å². The maximum absolute atomic E-state index is 12.9. The minimum atomic E-state index is -0.336. The number of benzene rings is 3. The van der Waals surface area contributed by atoms with Crippen LogP contribution in [0.4, 0.5) is 17.1 Å². The first-order valence-corrected chi connectivity index (χ1v) is 14.6. The fourth-order valence-electron chi connectivity index (χ4n) is 4.76. The number of nitrogens with one attached hydrogen (secondary N) is 2. The molecule has 1 fully saturated rings. The molecule has 1 aliphatic heterocycles. The Bertz CT molecular complexity index is 1820. The van der Waals surface area contributed by atoms with E-state index in [1.807, 2.05) is 31.1 Å². The largest absolute Gasteiger partial charge is 0.487 e. The Hall–Kier alpha value is -5.13. The van der Waals surface area contributed by atoms with E-state index < -0.39 is 0 Å². The first kappa shape index (κ1) is 31.3. The van der Waals surface area contributed by atoms with E-state index in [4.69, 9.17) is 25.8 Å². The lowest BCUT2D eigenvalue weighted by molar-refractivity contribution is -0.111. The van der Waals surface area contributed by atoms with Crippen molar-refractivity contribution in [2.75, 3.05) is 44.5 Å². The molecule has 0 unspecified atom stereocenters. The van der Waals surface area contributed by atoms with Gasteiger partial charge in [0.2, 0.25) is 5.91 Å². The van der Waals surface area contributed by atoms with Crippen molar-refractivity contribution in [2.24, 2.45) is 0 Å². The lowest BCUT2D eigenvalue weighted by Crippen LogP contribution is -2.18. The number of amides is 1. The molecule has 1 aromatic heterocycles. The number of likely N-dealkylation sites (N-methyl/N-ethyl adjacent to an activating group) is 1. The second-order valence-corrected chi connectivity index (χ2v) is 11.0. The monoisotopic (exact) mass is 622 g/mol. The molecule has 1 atom stereocenters. The number of fused-ring (bicyclic) bond motifs is 1. The third-order valence-corrected chi connectivity index (χ3v) is 7.31. The van der Waals surface area contributed by atoms with E-state index in [-0.39, 0.29) is 18.6 Å². The van der Waals surface area contributed by atoms with Crippen molar-refractivity contribution in [2.45, 2.75) is 19.1 Å². The summed E-state index contributed by atoms with van der Waals surface area (Å²) in [6.45, 7) is 1.83. The molecule has 2 heterocycles. The molecule has 0 saturated carbocycles. The van der Waals surface area contributed by atoms with E-state index in [0.717, 1.165) is 12.0 Å². The predicted molar refractivity (Wildman–Crippen MR) is 173 cm³/mol. The Kier molecular flexibility index (Phi) is 10.1. The average molecular weight is 623 g/mol. The van der Waals surface area contributed by atoms with E-state index in [1.54, 1.807) is 48.5 Å². The van der Waals surface area contributed by atoms with Gasteiger partial charge >= 0.3 is 0 Å². The minimum Gasteiger partial charge on any atom is -0.487 e. The molecule has 0 bridgehead atoms. The molecule has 1 saturated heterocycles. The Balaban J connectivity index is 1.46. The summed E-state index contributed by atoms with van der Waals surface area (Å²) in [5.74, 6) is 0.565. The average Bonchev–Trinajstić information content (AvgIpc) is 3.55. The SMILES string of the molecule is CN(C)C/C=C/C(=O)Nc1c(O[C@H]2CCOC2)ccc2c(Nc3ccc(OCc4ccccc4C#N)c(Cl)c3)c(C#N)cnc12. The summed E-state index contributed by atoms with van der Waals surface area (Å²) in [4.78, 5) is 19.4. The molecule has 2 N–H and O–H groups in total. The number of halogens is 1. The molecule has 0 spiro atoms. The van der Waals surface area contributed by atoms with Gasteiger partial charge in [-0.15, -0.1) is 0 Å². The van der Waals surface area contributed by atoms with Crippen molar-refractivity contribution < 1.29 is 19.0 Å². The number of carbonyl (C=O) groups is 1. The van der Waals surface area contributed by atoms with Crippen LogP contribution >= 0.6 is 11.6 Å². The van der Waals surface area contributed by atoms with Crippen LogP contribution in [0.1, 0.15) is 23.1 Å². The van der Waals surface area contributed by atoms with E-state index in [2.05, 4.69) is 27.8 Å². The van der Waals surface area contributed by atoms with Crippen LogP contribution in [0.15, 0.2) is 72.9 Å². The van der Waals surface area contributed by atoms with E-state index in [9.17, 15) is 15.3 Å². The zero-order valence-corrected chi connectivity index (χ0v) is 25.6. The summed E-state index contributed by atoms with van der Waals surface area (Å²) in [7, 11) is 3.83. The zero-order chi connectivity index (χ0) is 31.8. The van der Waals surface area contributed by atoms with E-state index in [0.29, 0.717) is 75.4 Å². The number of hydrogen-bond acceptors (Lipinski definition) is 9.